The maximum atomic E-state index is 12.1. The van der Waals surface area contributed by atoms with Gasteiger partial charge in [-0.2, -0.15) is 13.2 Å². The molecule has 21 heavy (non-hydrogen) atoms. The largest absolute Gasteiger partial charge is 0.491 e. The van der Waals surface area contributed by atoms with Crippen LogP contribution in [0, 0.1) is 0 Å². The van der Waals surface area contributed by atoms with Crippen molar-refractivity contribution in [3.63, 3.8) is 0 Å². The third kappa shape index (κ3) is 7.34. The molecule has 120 valence electrons. The van der Waals surface area contributed by atoms with Crippen molar-refractivity contribution in [1.82, 2.24) is 5.32 Å². The van der Waals surface area contributed by atoms with E-state index in [9.17, 15) is 13.2 Å². The van der Waals surface area contributed by atoms with Crippen LogP contribution in [-0.2, 0) is 4.74 Å². The lowest BCUT2D eigenvalue weighted by molar-refractivity contribution is -0.175. The van der Waals surface area contributed by atoms with Crippen LogP contribution in [0.3, 0.4) is 0 Å². The fraction of sp³-hybridized carbons (Fsp3) is 0.600. The molecule has 0 saturated heterocycles. The average Bonchev–Trinajstić information content (AvgIpc) is 2.36. The van der Waals surface area contributed by atoms with Gasteiger partial charge in [-0.1, -0.05) is 19.1 Å². The molecule has 0 aliphatic carbocycles. The summed E-state index contributed by atoms with van der Waals surface area (Å²) >= 11 is 0. The summed E-state index contributed by atoms with van der Waals surface area (Å²) in [5, 5.41) is 3.12. The zero-order valence-corrected chi connectivity index (χ0v) is 12.5. The van der Waals surface area contributed by atoms with Crippen molar-refractivity contribution >= 4 is 0 Å². The molecule has 1 aromatic carbocycles. The van der Waals surface area contributed by atoms with Crippen LogP contribution in [0.5, 0.6) is 5.75 Å². The molecule has 0 fully saturated rings. The Balaban J connectivity index is 2.70. The minimum atomic E-state index is -4.31. The average molecular weight is 305 g/mol. The highest BCUT2D eigenvalue weighted by Crippen LogP contribution is 2.22. The van der Waals surface area contributed by atoms with Gasteiger partial charge in [-0.25, -0.2) is 0 Å². The van der Waals surface area contributed by atoms with Gasteiger partial charge in [0.2, 0.25) is 0 Å². The molecule has 0 spiro atoms. The van der Waals surface area contributed by atoms with Crippen molar-refractivity contribution in [2.24, 2.45) is 0 Å². The number of benzene rings is 1. The number of ether oxygens (including phenoxy) is 2. The van der Waals surface area contributed by atoms with E-state index in [0.29, 0.717) is 12.3 Å². The molecule has 0 aliphatic rings. The molecule has 0 aromatic heterocycles. The number of halogens is 3. The molecule has 6 heteroatoms. The molecule has 1 unspecified atom stereocenters. The van der Waals surface area contributed by atoms with E-state index in [4.69, 9.17) is 9.47 Å². The summed E-state index contributed by atoms with van der Waals surface area (Å²) in [5.74, 6) is 0.696. The summed E-state index contributed by atoms with van der Waals surface area (Å²) in [5.41, 5.74) is 0.845. The molecular formula is C15H22F3NO2. The molecule has 0 radical (unpaired) electrons. The maximum absolute atomic E-state index is 12.1. The van der Waals surface area contributed by atoms with E-state index in [0.717, 1.165) is 5.56 Å². The molecule has 3 nitrogen and oxygen atoms in total. The van der Waals surface area contributed by atoms with Gasteiger partial charge >= 0.3 is 6.18 Å². The number of likely N-dealkylation sites (N-methyl/N-ethyl adjacent to an activating group) is 1. The van der Waals surface area contributed by atoms with Gasteiger partial charge in [0.05, 0.1) is 18.8 Å². The summed E-state index contributed by atoms with van der Waals surface area (Å²) < 4.78 is 46.8. The van der Waals surface area contributed by atoms with Crippen molar-refractivity contribution in [2.45, 2.75) is 39.1 Å². The van der Waals surface area contributed by atoms with Gasteiger partial charge in [-0.15, -0.1) is 0 Å². The fourth-order valence-corrected chi connectivity index (χ4v) is 1.89. The number of rotatable bonds is 8. The Morgan fingerprint density at radius 2 is 1.95 bits per heavy atom. The Morgan fingerprint density at radius 1 is 1.24 bits per heavy atom. The third-order valence-electron chi connectivity index (χ3n) is 2.63. The zero-order valence-electron chi connectivity index (χ0n) is 12.5. The van der Waals surface area contributed by atoms with Gasteiger partial charge in [-0.3, -0.25) is 0 Å². The summed E-state index contributed by atoms with van der Waals surface area (Å²) in [6, 6.07) is 7.01. The standard InChI is InChI=1S/C15H22F3NO2/c1-4-19-14(9-20-10-15(16,17)18)12-6-5-7-13(8-12)21-11(2)3/h5-8,11,14,19H,4,9-10H2,1-3H3. The molecule has 1 N–H and O–H groups in total. The first-order valence-electron chi connectivity index (χ1n) is 6.96. The molecule has 0 amide bonds. The van der Waals surface area contributed by atoms with Crippen LogP contribution in [0.15, 0.2) is 24.3 Å². The summed E-state index contributed by atoms with van der Waals surface area (Å²) in [6.45, 7) is 5.08. The fourth-order valence-electron chi connectivity index (χ4n) is 1.89. The van der Waals surface area contributed by atoms with Crippen molar-refractivity contribution < 1.29 is 22.6 Å². The molecule has 0 bridgehead atoms. The highest BCUT2D eigenvalue weighted by Gasteiger charge is 2.28. The van der Waals surface area contributed by atoms with Crippen LogP contribution in [0.1, 0.15) is 32.4 Å². The molecule has 0 saturated carbocycles. The number of hydrogen-bond acceptors (Lipinski definition) is 3. The maximum Gasteiger partial charge on any atom is 0.411 e. The van der Waals surface area contributed by atoms with Crippen LogP contribution < -0.4 is 10.1 Å². The van der Waals surface area contributed by atoms with E-state index in [1.165, 1.54) is 0 Å². The predicted octanol–water partition coefficient (Wildman–Crippen LogP) is 3.70. The third-order valence-corrected chi connectivity index (χ3v) is 2.63. The lowest BCUT2D eigenvalue weighted by atomic mass is 10.1. The molecule has 0 heterocycles. The quantitative estimate of drug-likeness (QED) is 0.794. The minimum Gasteiger partial charge on any atom is -0.491 e. The van der Waals surface area contributed by atoms with Gasteiger partial charge in [-0.05, 0) is 38.1 Å². The smallest absolute Gasteiger partial charge is 0.411 e. The van der Waals surface area contributed by atoms with E-state index < -0.39 is 12.8 Å². The van der Waals surface area contributed by atoms with Gasteiger partial charge in [0, 0.05) is 0 Å². The molecule has 1 aromatic rings. The lowest BCUT2D eigenvalue weighted by Gasteiger charge is -2.20. The monoisotopic (exact) mass is 305 g/mol. The van der Waals surface area contributed by atoms with Crippen molar-refractivity contribution in [3.05, 3.63) is 29.8 Å². The van der Waals surface area contributed by atoms with Crippen molar-refractivity contribution in [2.75, 3.05) is 19.8 Å². The van der Waals surface area contributed by atoms with Crippen LogP contribution in [0.4, 0.5) is 13.2 Å². The lowest BCUT2D eigenvalue weighted by Crippen LogP contribution is -2.28. The van der Waals surface area contributed by atoms with Crippen LogP contribution >= 0.6 is 0 Å². The number of nitrogens with one attached hydrogen (secondary N) is 1. The van der Waals surface area contributed by atoms with Gasteiger partial charge in [0.15, 0.2) is 0 Å². The highest BCUT2D eigenvalue weighted by molar-refractivity contribution is 5.30. The van der Waals surface area contributed by atoms with Crippen molar-refractivity contribution in [1.29, 1.82) is 0 Å². The highest BCUT2D eigenvalue weighted by atomic mass is 19.4. The van der Waals surface area contributed by atoms with E-state index in [1.807, 2.05) is 45.0 Å². The first-order chi connectivity index (χ1) is 9.81. The van der Waals surface area contributed by atoms with Gasteiger partial charge in [0.25, 0.3) is 0 Å². The minimum absolute atomic E-state index is 0.0410. The second-order valence-corrected chi connectivity index (χ2v) is 4.98. The van der Waals surface area contributed by atoms with Crippen LogP contribution in [0.25, 0.3) is 0 Å². The Morgan fingerprint density at radius 3 is 2.52 bits per heavy atom. The first kappa shape index (κ1) is 17.8. The second kappa shape index (κ2) is 8.24. The summed E-state index contributed by atoms with van der Waals surface area (Å²) in [7, 11) is 0. The normalized spacial score (nSPS) is 13.5. The SMILES string of the molecule is CCNC(COCC(F)(F)F)c1cccc(OC(C)C)c1. The van der Waals surface area contributed by atoms with E-state index in [-0.39, 0.29) is 18.8 Å². The molecule has 0 aliphatic heterocycles. The number of alkyl halides is 3. The van der Waals surface area contributed by atoms with Crippen LogP contribution in [-0.4, -0.2) is 32.0 Å². The Hall–Kier alpha value is -1.27. The topological polar surface area (TPSA) is 30.5 Å². The molecule has 1 atom stereocenters. The van der Waals surface area contributed by atoms with Gasteiger partial charge < -0.3 is 14.8 Å². The van der Waals surface area contributed by atoms with Crippen LogP contribution in [0.2, 0.25) is 0 Å². The zero-order chi connectivity index (χ0) is 15.9. The van der Waals surface area contributed by atoms with E-state index in [1.54, 1.807) is 0 Å². The Bertz CT molecular complexity index is 422. The van der Waals surface area contributed by atoms with E-state index in [2.05, 4.69) is 5.32 Å². The molecule has 1 rings (SSSR count). The summed E-state index contributed by atoms with van der Waals surface area (Å²) in [6.07, 6.45) is -4.27. The van der Waals surface area contributed by atoms with Gasteiger partial charge in [0.1, 0.15) is 12.4 Å². The van der Waals surface area contributed by atoms with E-state index >= 15 is 0 Å². The number of hydrogen-bond donors (Lipinski definition) is 1. The Labute approximate surface area is 123 Å². The predicted molar refractivity (Wildman–Crippen MR) is 75.5 cm³/mol. The second-order valence-electron chi connectivity index (χ2n) is 4.98. The Kier molecular flexibility index (Phi) is 6.98. The summed E-state index contributed by atoms with van der Waals surface area (Å²) in [4.78, 5) is 0. The molecular weight excluding hydrogens is 283 g/mol. The first-order valence-corrected chi connectivity index (χ1v) is 6.96. The van der Waals surface area contributed by atoms with Crippen molar-refractivity contribution in [3.8, 4) is 5.75 Å².